The molecule has 0 saturated carbocycles. The molecule has 0 bridgehead atoms. The van der Waals surface area contributed by atoms with E-state index in [1.165, 1.54) is 0 Å². The molecule has 0 aliphatic heterocycles. The maximum atomic E-state index is 12.0. The summed E-state index contributed by atoms with van der Waals surface area (Å²) in [5.41, 5.74) is 0.535. The number of Topliss-reactive ketones (excluding diaryl/α,β-unsaturated/α-hetero) is 1. The molecule has 6 heteroatoms. The van der Waals surface area contributed by atoms with Crippen LogP contribution in [0.4, 0.5) is 5.69 Å². The first-order valence-corrected chi connectivity index (χ1v) is 9.50. The molecular formula is C18H26BrNO4. The standard InChI is InChI=1S/C18H26BrNO4/c1-3-5-10-23-16-9-7-8-15(18(16)24-11-6-4-2)20-17(22)12-14(21)13-19/h7-9H,3-6,10-13H2,1-2H3,(H,20,22). The number of ketones is 1. The zero-order valence-electron chi connectivity index (χ0n) is 14.4. The Labute approximate surface area is 152 Å². The SMILES string of the molecule is CCCCOc1cccc(NC(=O)CC(=O)CBr)c1OCCCC. The van der Waals surface area contributed by atoms with Crippen LogP contribution >= 0.6 is 15.9 Å². The summed E-state index contributed by atoms with van der Waals surface area (Å²) in [6.45, 7) is 5.33. The van der Waals surface area contributed by atoms with Crippen LogP contribution < -0.4 is 14.8 Å². The maximum absolute atomic E-state index is 12.0. The number of hydrogen-bond donors (Lipinski definition) is 1. The third-order valence-corrected chi connectivity index (χ3v) is 3.88. The summed E-state index contributed by atoms with van der Waals surface area (Å²) in [4.78, 5) is 23.4. The largest absolute Gasteiger partial charge is 0.490 e. The van der Waals surface area contributed by atoms with E-state index >= 15 is 0 Å². The highest BCUT2D eigenvalue weighted by Crippen LogP contribution is 2.36. The van der Waals surface area contributed by atoms with Crippen LogP contribution in [-0.2, 0) is 9.59 Å². The van der Waals surface area contributed by atoms with Gasteiger partial charge in [0.1, 0.15) is 0 Å². The first-order chi connectivity index (χ1) is 11.6. The Bertz CT molecular complexity index is 534. The van der Waals surface area contributed by atoms with Gasteiger partial charge in [0.2, 0.25) is 5.91 Å². The van der Waals surface area contributed by atoms with Crippen LogP contribution in [0.15, 0.2) is 18.2 Å². The molecule has 1 amide bonds. The number of amides is 1. The second-order valence-electron chi connectivity index (χ2n) is 5.43. The minimum atomic E-state index is -0.356. The predicted molar refractivity (Wildman–Crippen MR) is 99.3 cm³/mol. The average molecular weight is 400 g/mol. The molecule has 1 rings (SSSR count). The zero-order valence-corrected chi connectivity index (χ0v) is 16.0. The molecule has 0 aromatic heterocycles. The van der Waals surface area contributed by atoms with Gasteiger partial charge in [0.05, 0.1) is 30.7 Å². The van der Waals surface area contributed by atoms with E-state index in [2.05, 4.69) is 35.1 Å². The van der Waals surface area contributed by atoms with Gasteiger partial charge >= 0.3 is 0 Å². The molecule has 5 nitrogen and oxygen atoms in total. The summed E-state index contributed by atoms with van der Waals surface area (Å²) in [5, 5.41) is 2.91. The fourth-order valence-corrected chi connectivity index (χ4v) is 2.14. The van der Waals surface area contributed by atoms with Crippen molar-refractivity contribution in [2.75, 3.05) is 23.9 Å². The van der Waals surface area contributed by atoms with Gasteiger partial charge in [-0.2, -0.15) is 0 Å². The summed E-state index contributed by atoms with van der Waals surface area (Å²) in [7, 11) is 0. The molecule has 0 heterocycles. The van der Waals surface area contributed by atoms with Gasteiger partial charge in [-0.1, -0.05) is 48.7 Å². The first-order valence-electron chi connectivity index (χ1n) is 8.38. The lowest BCUT2D eigenvalue weighted by atomic mass is 10.2. The van der Waals surface area contributed by atoms with E-state index < -0.39 is 0 Å². The summed E-state index contributed by atoms with van der Waals surface area (Å²) in [6, 6.07) is 5.39. The normalized spacial score (nSPS) is 10.3. The highest BCUT2D eigenvalue weighted by molar-refractivity contribution is 9.09. The number of alkyl halides is 1. The topological polar surface area (TPSA) is 64.6 Å². The van der Waals surface area contributed by atoms with Gasteiger partial charge in [-0.05, 0) is 25.0 Å². The molecule has 134 valence electrons. The summed E-state index contributed by atoms with van der Waals surface area (Å²) in [5.74, 6) is 0.618. The van der Waals surface area contributed by atoms with E-state index in [0.29, 0.717) is 30.4 Å². The molecule has 0 saturated heterocycles. The van der Waals surface area contributed by atoms with Gasteiger partial charge in [0.15, 0.2) is 17.3 Å². The average Bonchev–Trinajstić information content (AvgIpc) is 2.57. The van der Waals surface area contributed by atoms with Crippen molar-refractivity contribution in [1.29, 1.82) is 0 Å². The highest BCUT2D eigenvalue weighted by atomic mass is 79.9. The maximum Gasteiger partial charge on any atom is 0.231 e. The number of nitrogens with one attached hydrogen (secondary N) is 1. The number of halogens is 1. The Kier molecular flexibility index (Phi) is 10.2. The summed E-state index contributed by atoms with van der Waals surface area (Å²) < 4.78 is 11.6. The Morgan fingerprint density at radius 2 is 1.75 bits per heavy atom. The molecule has 0 unspecified atom stereocenters. The van der Waals surface area contributed by atoms with Crippen LogP contribution in [0.5, 0.6) is 11.5 Å². The number of unbranched alkanes of at least 4 members (excludes halogenated alkanes) is 2. The minimum absolute atomic E-state index is 0.166. The Morgan fingerprint density at radius 1 is 1.08 bits per heavy atom. The number of para-hydroxylation sites is 1. The Balaban J connectivity index is 2.88. The minimum Gasteiger partial charge on any atom is -0.490 e. The number of carbonyl (C=O) groups is 2. The molecule has 1 N–H and O–H groups in total. The predicted octanol–water partition coefficient (Wildman–Crippen LogP) is 4.34. The van der Waals surface area contributed by atoms with Crippen molar-refractivity contribution < 1.29 is 19.1 Å². The van der Waals surface area contributed by atoms with Crippen molar-refractivity contribution in [3.05, 3.63) is 18.2 Å². The van der Waals surface area contributed by atoms with Gasteiger partial charge < -0.3 is 14.8 Å². The fourth-order valence-electron chi connectivity index (χ4n) is 1.94. The number of benzene rings is 1. The molecule has 0 aliphatic rings. The number of rotatable bonds is 12. The van der Waals surface area contributed by atoms with Crippen LogP contribution in [0.3, 0.4) is 0 Å². The van der Waals surface area contributed by atoms with Gasteiger partial charge in [-0.25, -0.2) is 0 Å². The van der Waals surface area contributed by atoms with Crippen molar-refractivity contribution in [2.45, 2.75) is 46.0 Å². The van der Waals surface area contributed by atoms with Crippen molar-refractivity contribution in [3.8, 4) is 11.5 Å². The number of ether oxygens (including phenoxy) is 2. The molecule has 24 heavy (non-hydrogen) atoms. The van der Waals surface area contributed by atoms with Crippen LogP contribution in [0, 0.1) is 0 Å². The highest BCUT2D eigenvalue weighted by Gasteiger charge is 2.15. The monoisotopic (exact) mass is 399 g/mol. The third-order valence-electron chi connectivity index (χ3n) is 3.26. The van der Waals surface area contributed by atoms with E-state index in [0.717, 1.165) is 25.7 Å². The lowest BCUT2D eigenvalue weighted by Crippen LogP contribution is -2.18. The number of hydrogen-bond acceptors (Lipinski definition) is 4. The van der Waals surface area contributed by atoms with Gasteiger partial charge in [-0.15, -0.1) is 0 Å². The third kappa shape index (κ3) is 7.34. The number of carbonyl (C=O) groups excluding carboxylic acids is 2. The molecule has 0 spiro atoms. The summed E-state index contributed by atoms with van der Waals surface area (Å²) >= 11 is 3.06. The van der Waals surface area contributed by atoms with Gasteiger partial charge in [-0.3, -0.25) is 9.59 Å². The zero-order chi connectivity index (χ0) is 17.8. The van der Waals surface area contributed by atoms with E-state index in [4.69, 9.17) is 9.47 Å². The van der Waals surface area contributed by atoms with E-state index in [9.17, 15) is 9.59 Å². The Hall–Kier alpha value is -1.56. The van der Waals surface area contributed by atoms with Gasteiger partial charge in [0, 0.05) is 0 Å². The van der Waals surface area contributed by atoms with Crippen molar-refractivity contribution >= 4 is 33.3 Å². The molecule has 0 fully saturated rings. The van der Waals surface area contributed by atoms with Crippen LogP contribution in [0.2, 0.25) is 0 Å². The van der Waals surface area contributed by atoms with Crippen molar-refractivity contribution in [1.82, 2.24) is 0 Å². The second kappa shape index (κ2) is 11.9. The van der Waals surface area contributed by atoms with Gasteiger partial charge in [0.25, 0.3) is 0 Å². The van der Waals surface area contributed by atoms with Crippen LogP contribution in [0.25, 0.3) is 0 Å². The second-order valence-corrected chi connectivity index (χ2v) is 5.99. The van der Waals surface area contributed by atoms with E-state index in [-0.39, 0.29) is 23.4 Å². The molecule has 0 aliphatic carbocycles. The van der Waals surface area contributed by atoms with Crippen LogP contribution in [-0.4, -0.2) is 30.2 Å². The lowest BCUT2D eigenvalue weighted by Gasteiger charge is -2.17. The van der Waals surface area contributed by atoms with Crippen molar-refractivity contribution in [2.24, 2.45) is 0 Å². The Morgan fingerprint density at radius 3 is 2.38 bits per heavy atom. The van der Waals surface area contributed by atoms with E-state index in [1.807, 2.05) is 6.07 Å². The molecule has 1 aromatic carbocycles. The fraction of sp³-hybridized carbons (Fsp3) is 0.556. The molecule has 0 radical (unpaired) electrons. The van der Waals surface area contributed by atoms with Crippen molar-refractivity contribution in [3.63, 3.8) is 0 Å². The summed E-state index contributed by atoms with van der Waals surface area (Å²) in [6.07, 6.45) is 3.75. The number of anilines is 1. The quantitative estimate of drug-likeness (QED) is 0.322. The van der Waals surface area contributed by atoms with E-state index in [1.54, 1.807) is 12.1 Å². The first kappa shape index (κ1) is 20.5. The molecule has 0 atom stereocenters. The lowest BCUT2D eigenvalue weighted by molar-refractivity contribution is -0.123. The smallest absolute Gasteiger partial charge is 0.231 e. The van der Waals surface area contributed by atoms with Crippen LogP contribution in [0.1, 0.15) is 46.0 Å². The molecular weight excluding hydrogens is 374 g/mol. The molecule has 1 aromatic rings.